The number of carbonyl (C=O) groups is 3. The number of aliphatic hydroxyl groups excluding tert-OH is 1. The lowest BCUT2D eigenvalue weighted by Gasteiger charge is -2.26. The van der Waals surface area contributed by atoms with Crippen LogP contribution in [0.25, 0.3) is 17.4 Å². The Labute approximate surface area is 171 Å². The molecule has 8 heteroatoms. The fourth-order valence-corrected chi connectivity index (χ4v) is 3.45. The highest BCUT2D eigenvalue weighted by atomic mass is 16.5. The average Bonchev–Trinajstić information content (AvgIpc) is 3.35. The predicted octanol–water partition coefficient (Wildman–Crippen LogP) is 2.20. The van der Waals surface area contributed by atoms with Gasteiger partial charge in [0.05, 0.1) is 18.7 Å². The van der Waals surface area contributed by atoms with Crippen LogP contribution in [0.15, 0.2) is 51.5 Å². The first-order chi connectivity index (χ1) is 14.4. The van der Waals surface area contributed by atoms with E-state index in [9.17, 15) is 19.6 Å². The molecule has 0 radical (unpaired) electrons. The molecule has 0 aliphatic carbocycles. The first kappa shape index (κ1) is 19.4. The summed E-state index contributed by atoms with van der Waals surface area (Å²) < 4.78 is 10.8. The van der Waals surface area contributed by atoms with Crippen molar-refractivity contribution in [3.63, 3.8) is 0 Å². The number of aliphatic hydroxyl groups is 1. The Bertz CT molecular complexity index is 1190. The lowest BCUT2D eigenvalue weighted by atomic mass is 9.95. The monoisotopic (exact) mass is 404 g/mol. The Morgan fingerprint density at radius 1 is 1.20 bits per heavy atom. The van der Waals surface area contributed by atoms with Crippen LogP contribution in [0.4, 0.5) is 0 Å². The maximum Gasteiger partial charge on any atom is 0.338 e. The molecule has 0 unspecified atom stereocenters. The van der Waals surface area contributed by atoms with E-state index in [-0.39, 0.29) is 35.8 Å². The molecule has 0 atom stereocenters. The van der Waals surface area contributed by atoms with Gasteiger partial charge in [0.2, 0.25) is 0 Å². The first-order valence-electron chi connectivity index (χ1n) is 9.15. The zero-order chi connectivity index (χ0) is 21.4. The fraction of sp³-hybridized carbons (Fsp3) is 0.182. The van der Waals surface area contributed by atoms with Crippen molar-refractivity contribution >= 4 is 23.9 Å². The Morgan fingerprint density at radius 3 is 2.73 bits per heavy atom. The van der Waals surface area contributed by atoms with Crippen LogP contribution in [0.3, 0.4) is 0 Å². The number of hydrogen-bond donors (Lipinski definition) is 1. The van der Waals surface area contributed by atoms with Crippen LogP contribution in [0.1, 0.15) is 28.6 Å². The smallest absolute Gasteiger partial charge is 0.338 e. The van der Waals surface area contributed by atoms with Crippen LogP contribution < -0.4 is 0 Å². The number of furan rings is 1. The summed E-state index contributed by atoms with van der Waals surface area (Å²) in [5.41, 5.74) is 2.30. The molecule has 2 aliphatic rings. The Morgan fingerprint density at radius 2 is 2.00 bits per heavy atom. The summed E-state index contributed by atoms with van der Waals surface area (Å²) in [6.07, 6.45) is 1.47. The zero-order valence-corrected chi connectivity index (χ0v) is 16.0. The highest BCUT2D eigenvalue weighted by Gasteiger charge is 2.35. The molecule has 2 aliphatic heterocycles. The van der Waals surface area contributed by atoms with Gasteiger partial charge in [-0.2, -0.15) is 5.26 Å². The van der Waals surface area contributed by atoms with E-state index in [2.05, 4.69) is 0 Å². The number of fused-ring (bicyclic) bond motifs is 1. The van der Waals surface area contributed by atoms with Gasteiger partial charge in [-0.3, -0.25) is 14.5 Å². The van der Waals surface area contributed by atoms with Crippen LogP contribution in [-0.2, 0) is 20.9 Å². The van der Waals surface area contributed by atoms with E-state index >= 15 is 0 Å². The molecular weight excluding hydrogens is 388 g/mol. The second kappa shape index (κ2) is 7.46. The summed E-state index contributed by atoms with van der Waals surface area (Å²) in [6, 6.07) is 10.4. The number of β-amino-alcohol motifs (C(OH)–C–C–N with tert-alkyl or cyclic N) is 1. The number of nitriles is 1. The minimum atomic E-state index is -0.721. The highest BCUT2D eigenvalue weighted by Crippen LogP contribution is 2.31. The maximum atomic E-state index is 12.7. The van der Waals surface area contributed by atoms with Gasteiger partial charge in [-0.25, -0.2) is 4.79 Å². The highest BCUT2D eigenvalue weighted by molar-refractivity contribution is 6.19. The van der Waals surface area contributed by atoms with E-state index in [0.717, 1.165) is 16.0 Å². The van der Waals surface area contributed by atoms with Crippen LogP contribution in [0, 0.1) is 11.3 Å². The quantitative estimate of drug-likeness (QED) is 0.471. The normalized spacial score (nSPS) is 17.4. The van der Waals surface area contributed by atoms with E-state index in [1.54, 1.807) is 24.3 Å². The summed E-state index contributed by atoms with van der Waals surface area (Å²) in [4.78, 5) is 37.5. The summed E-state index contributed by atoms with van der Waals surface area (Å²) in [6.45, 7) is 1.13. The number of ether oxygens (including phenoxy) is 1. The van der Waals surface area contributed by atoms with Crippen LogP contribution >= 0.6 is 0 Å². The lowest BCUT2D eigenvalue weighted by Crippen LogP contribution is -2.44. The minimum absolute atomic E-state index is 0.147. The topological polar surface area (TPSA) is 121 Å². The molecule has 2 aromatic rings. The number of rotatable bonds is 4. The molecule has 0 fully saturated rings. The number of imide groups is 1. The largest absolute Gasteiger partial charge is 0.457 e. The van der Waals surface area contributed by atoms with Gasteiger partial charge in [0.25, 0.3) is 11.8 Å². The van der Waals surface area contributed by atoms with Gasteiger partial charge >= 0.3 is 5.97 Å². The van der Waals surface area contributed by atoms with Gasteiger partial charge in [0, 0.05) is 16.7 Å². The molecule has 3 heterocycles. The fourth-order valence-electron chi connectivity index (χ4n) is 3.45. The molecule has 0 saturated carbocycles. The van der Waals surface area contributed by atoms with Crippen molar-refractivity contribution in [1.29, 1.82) is 5.26 Å². The SMILES string of the molecule is CC1=C(C#N)C(=O)N(CCO)C(=O)/C1=C/c1ccc(-c2ccc3c(c2)COC3=O)o1. The summed E-state index contributed by atoms with van der Waals surface area (Å²) in [5.74, 6) is -0.790. The summed E-state index contributed by atoms with van der Waals surface area (Å²) in [7, 11) is 0. The molecule has 150 valence electrons. The standard InChI is InChI=1S/C22H16N2O6/c1-12-17(20(26)24(6-7-25)21(27)18(12)10-23)9-15-3-5-19(30-15)13-2-4-16-14(8-13)11-29-22(16)28/h2-5,8-9,25H,6-7,11H2,1H3/b17-9+. The number of esters is 1. The number of carbonyl (C=O) groups excluding carboxylic acids is 3. The number of nitrogens with zero attached hydrogens (tertiary/aromatic N) is 2. The van der Waals surface area contributed by atoms with E-state index in [4.69, 9.17) is 14.3 Å². The zero-order valence-electron chi connectivity index (χ0n) is 16.0. The average molecular weight is 404 g/mol. The molecule has 1 aromatic heterocycles. The molecule has 0 spiro atoms. The van der Waals surface area contributed by atoms with E-state index in [1.807, 2.05) is 12.1 Å². The van der Waals surface area contributed by atoms with E-state index < -0.39 is 18.4 Å². The molecule has 2 amide bonds. The van der Waals surface area contributed by atoms with Gasteiger partial charge in [-0.1, -0.05) is 6.07 Å². The number of benzene rings is 1. The van der Waals surface area contributed by atoms with Crippen molar-refractivity contribution in [2.24, 2.45) is 0 Å². The third kappa shape index (κ3) is 3.11. The van der Waals surface area contributed by atoms with Crippen LogP contribution in [-0.4, -0.2) is 40.9 Å². The van der Waals surface area contributed by atoms with Crippen molar-refractivity contribution < 1.29 is 28.6 Å². The Kier molecular flexibility index (Phi) is 4.82. The molecule has 8 nitrogen and oxygen atoms in total. The van der Waals surface area contributed by atoms with E-state index in [0.29, 0.717) is 17.1 Å². The molecule has 1 aromatic carbocycles. The maximum absolute atomic E-state index is 12.7. The Hall–Kier alpha value is -3.96. The van der Waals surface area contributed by atoms with Crippen LogP contribution in [0.2, 0.25) is 0 Å². The minimum Gasteiger partial charge on any atom is -0.457 e. The molecule has 0 bridgehead atoms. The molecule has 30 heavy (non-hydrogen) atoms. The van der Waals surface area contributed by atoms with Crippen molar-refractivity contribution in [3.8, 4) is 17.4 Å². The third-order valence-electron chi connectivity index (χ3n) is 5.03. The van der Waals surface area contributed by atoms with Gasteiger partial charge < -0.3 is 14.3 Å². The van der Waals surface area contributed by atoms with Crippen molar-refractivity contribution in [2.45, 2.75) is 13.5 Å². The number of amides is 2. The van der Waals surface area contributed by atoms with Gasteiger partial charge in [0.15, 0.2) is 0 Å². The van der Waals surface area contributed by atoms with Crippen molar-refractivity contribution in [1.82, 2.24) is 4.90 Å². The predicted molar refractivity (Wildman–Crippen MR) is 103 cm³/mol. The first-order valence-corrected chi connectivity index (χ1v) is 9.15. The Balaban J connectivity index is 1.70. The van der Waals surface area contributed by atoms with Gasteiger partial charge in [0.1, 0.15) is 29.8 Å². The second-order valence-corrected chi connectivity index (χ2v) is 6.81. The van der Waals surface area contributed by atoms with Crippen molar-refractivity contribution in [3.05, 3.63) is 63.9 Å². The second-order valence-electron chi connectivity index (χ2n) is 6.81. The number of cyclic esters (lactones) is 1. The van der Waals surface area contributed by atoms with Gasteiger partial charge in [-0.15, -0.1) is 0 Å². The lowest BCUT2D eigenvalue weighted by molar-refractivity contribution is -0.141. The molecule has 1 N–H and O–H groups in total. The number of hydrogen-bond acceptors (Lipinski definition) is 7. The van der Waals surface area contributed by atoms with Crippen LogP contribution in [0.5, 0.6) is 0 Å². The summed E-state index contributed by atoms with van der Waals surface area (Å²) >= 11 is 0. The van der Waals surface area contributed by atoms with Crippen molar-refractivity contribution in [2.75, 3.05) is 13.2 Å². The van der Waals surface area contributed by atoms with E-state index in [1.165, 1.54) is 13.0 Å². The molecule has 4 rings (SSSR count). The molecule has 0 saturated heterocycles. The molecular formula is C22H16N2O6. The summed E-state index contributed by atoms with van der Waals surface area (Å²) in [5, 5.41) is 18.5. The van der Waals surface area contributed by atoms with Gasteiger partial charge in [-0.05, 0) is 42.8 Å². The third-order valence-corrected chi connectivity index (χ3v) is 5.03.